The summed E-state index contributed by atoms with van der Waals surface area (Å²) in [6.45, 7) is 0. The molecule has 0 saturated heterocycles. The van der Waals surface area contributed by atoms with E-state index in [-0.39, 0.29) is 17.0 Å². The van der Waals surface area contributed by atoms with E-state index < -0.39 is 22.9 Å². The molecular formula is C16H11BrF3NO3S. The normalized spacial score (nSPS) is 11.2. The molecule has 0 aliphatic carbocycles. The Morgan fingerprint density at radius 3 is 2.32 bits per heavy atom. The minimum Gasteiger partial charge on any atom is -0.478 e. The van der Waals surface area contributed by atoms with Crippen LogP contribution < -0.4 is 5.32 Å². The van der Waals surface area contributed by atoms with Crippen molar-refractivity contribution in [1.82, 2.24) is 0 Å². The van der Waals surface area contributed by atoms with E-state index in [0.717, 1.165) is 23.9 Å². The average Bonchev–Trinajstić information content (AvgIpc) is 2.54. The number of carboxylic acid groups (broad SMARTS) is 1. The second kappa shape index (κ2) is 7.92. The maximum Gasteiger partial charge on any atom is 0.416 e. The van der Waals surface area contributed by atoms with Crippen LogP contribution in [0.1, 0.15) is 21.5 Å². The van der Waals surface area contributed by atoms with Gasteiger partial charge < -0.3 is 10.4 Å². The Morgan fingerprint density at radius 1 is 1.12 bits per heavy atom. The SMILES string of the molecule is O=C(Nc1ccc(Br)cc1C(=O)O)SCc1ccc(C(F)(F)F)cc1. The van der Waals surface area contributed by atoms with Gasteiger partial charge in [0.2, 0.25) is 0 Å². The fourth-order valence-corrected chi connectivity index (χ4v) is 2.92. The molecule has 0 aliphatic rings. The standard InChI is InChI=1S/C16H11BrF3NO3S/c17-11-5-6-13(12(7-11)14(22)23)21-15(24)25-8-9-1-3-10(4-2-9)16(18,19)20/h1-7H,8H2,(H,21,24)(H,22,23). The smallest absolute Gasteiger partial charge is 0.416 e. The zero-order valence-corrected chi connectivity index (χ0v) is 14.8. The van der Waals surface area contributed by atoms with Crippen LogP contribution in [-0.4, -0.2) is 16.3 Å². The number of hydrogen-bond acceptors (Lipinski definition) is 3. The number of halogens is 4. The molecule has 0 heterocycles. The quantitative estimate of drug-likeness (QED) is 0.655. The number of carbonyl (C=O) groups is 2. The second-order valence-corrected chi connectivity index (χ2v) is 6.75. The highest BCUT2D eigenvalue weighted by Crippen LogP contribution is 2.30. The first-order valence-corrected chi connectivity index (χ1v) is 8.57. The van der Waals surface area contributed by atoms with Crippen LogP contribution in [0.3, 0.4) is 0 Å². The maximum absolute atomic E-state index is 12.5. The second-order valence-electron chi connectivity index (χ2n) is 4.89. The third-order valence-electron chi connectivity index (χ3n) is 3.10. The van der Waals surface area contributed by atoms with E-state index in [1.54, 1.807) is 6.07 Å². The number of thioether (sulfide) groups is 1. The lowest BCUT2D eigenvalue weighted by atomic mass is 10.1. The van der Waals surface area contributed by atoms with Crippen LogP contribution in [0, 0.1) is 0 Å². The summed E-state index contributed by atoms with van der Waals surface area (Å²) in [6, 6.07) is 8.89. The van der Waals surface area contributed by atoms with Crippen LogP contribution in [0.2, 0.25) is 0 Å². The minimum absolute atomic E-state index is 0.0714. The Morgan fingerprint density at radius 2 is 1.76 bits per heavy atom. The molecule has 0 spiro atoms. The zero-order chi connectivity index (χ0) is 18.6. The molecular weight excluding hydrogens is 423 g/mol. The summed E-state index contributed by atoms with van der Waals surface area (Å²) in [6.07, 6.45) is -4.40. The number of nitrogens with one attached hydrogen (secondary N) is 1. The van der Waals surface area contributed by atoms with E-state index in [4.69, 9.17) is 5.11 Å². The molecule has 0 aromatic heterocycles. The number of amides is 1. The minimum atomic E-state index is -4.40. The molecule has 2 N–H and O–H groups in total. The lowest BCUT2D eigenvalue weighted by Crippen LogP contribution is -2.10. The van der Waals surface area contributed by atoms with Crippen molar-refractivity contribution in [1.29, 1.82) is 0 Å². The number of hydrogen-bond donors (Lipinski definition) is 2. The Balaban J connectivity index is 1.99. The summed E-state index contributed by atoms with van der Waals surface area (Å²) in [7, 11) is 0. The van der Waals surface area contributed by atoms with E-state index in [1.165, 1.54) is 24.3 Å². The molecule has 4 nitrogen and oxygen atoms in total. The van der Waals surface area contributed by atoms with Gasteiger partial charge in [0, 0.05) is 10.2 Å². The average molecular weight is 434 g/mol. The molecule has 0 unspecified atom stereocenters. The molecule has 0 fully saturated rings. The van der Waals surface area contributed by atoms with Crippen molar-refractivity contribution in [2.75, 3.05) is 5.32 Å². The summed E-state index contributed by atoms with van der Waals surface area (Å²) >= 11 is 3.98. The van der Waals surface area contributed by atoms with Gasteiger partial charge in [-0.3, -0.25) is 4.79 Å². The molecule has 132 valence electrons. The Labute approximate surface area is 153 Å². The number of aromatic carboxylic acids is 1. The number of alkyl halides is 3. The van der Waals surface area contributed by atoms with Crippen LogP contribution in [0.4, 0.5) is 23.7 Å². The van der Waals surface area contributed by atoms with Crippen molar-refractivity contribution in [3.63, 3.8) is 0 Å². The van der Waals surface area contributed by atoms with Crippen LogP contribution in [0.15, 0.2) is 46.9 Å². The molecule has 0 bridgehead atoms. The largest absolute Gasteiger partial charge is 0.478 e. The predicted molar refractivity (Wildman–Crippen MR) is 92.9 cm³/mol. The van der Waals surface area contributed by atoms with Crippen molar-refractivity contribution in [2.45, 2.75) is 11.9 Å². The van der Waals surface area contributed by atoms with Gasteiger partial charge in [-0.05, 0) is 35.9 Å². The zero-order valence-electron chi connectivity index (χ0n) is 12.4. The number of benzene rings is 2. The molecule has 2 aromatic carbocycles. The van der Waals surface area contributed by atoms with E-state index in [0.29, 0.717) is 10.0 Å². The van der Waals surface area contributed by atoms with Crippen LogP contribution in [-0.2, 0) is 11.9 Å². The molecule has 0 saturated carbocycles. The van der Waals surface area contributed by atoms with Crippen LogP contribution in [0.5, 0.6) is 0 Å². The highest BCUT2D eigenvalue weighted by molar-refractivity contribution is 9.10. The summed E-state index contributed by atoms with van der Waals surface area (Å²) in [5, 5.41) is 11.1. The molecule has 1 amide bonds. The summed E-state index contributed by atoms with van der Waals surface area (Å²) in [5.41, 5.74) is -0.146. The van der Waals surface area contributed by atoms with Gasteiger partial charge in [0.25, 0.3) is 5.24 Å². The van der Waals surface area contributed by atoms with Crippen LogP contribution in [0.25, 0.3) is 0 Å². The first kappa shape index (κ1) is 19.3. The predicted octanol–water partition coefficient (Wildman–Crippen LogP) is 5.63. The van der Waals surface area contributed by atoms with Gasteiger partial charge in [-0.25, -0.2) is 4.79 Å². The first-order valence-electron chi connectivity index (χ1n) is 6.79. The number of anilines is 1. The lowest BCUT2D eigenvalue weighted by Gasteiger charge is -2.09. The van der Waals surface area contributed by atoms with Crippen molar-refractivity contribution in [3.8, 4) is 0 Å². The third-order valence-corrected chi connectivity index (χ3v) is 4.44. The van der Waals surface area contributed by atoms with Gasteiger partial charge in [0.15, 0.2) is 0 Å². The van der Waals surface area contributed by atoms with Gasteiger partial charge in [0.05, 0.1) is 16.8 Å². The van der Waals surface area contributed by atoms with Gasteiger partial charge in [-0.1, -0.05) is 39.8 Å². The van der Waals surface area contributed by atoms with Gasteiger partial charge in [0.1, 0.15) is 0 Å². The summed E-state index contributed by atoms with van der Waals surface area (Å²) in [4.78, 5) is 23.1. The highest BCUT2D eigenvalue weighted by atomic mass is 79.9. The van der Waals surface area contributed by atoms with Crippen LogP contribution >= 0.6 is 27.7 Å². The van der Waals surface area contributed by atoms with Crippen molar-refractivity contribution in [3.05, 3.63) is 63.6 Å². The van der Waals surface area contributed by atoms with E-state index in [9.17, 15) is 22.8 Å². The molecule has 25 heavy (non-hydrogen) atoms. The van der Waals surface area contributed by atoms with Gasteiger partial charge in [-0.2, -0.15) is 13.2 Å². The fourth-order valence-electron chi connectivity index (χ4n) is 1.89. The summed E-state index contributed by atoms with van der Waals surface area (Å²) in [5.74, 6) is -1.03. The Hall–Kier alpha value is -2.00. The molecule has 9 heteroatoms. The van der Waals surface area contributed by atoms with E-state index >= 15 is 0 Å². The Kier molecular flexibility index (Phi) is 6.12. The van der Waals surface area contributed by atoms with Gasteiger partial charge >= 0.3 is 12.1 Å². The molecule has 2 rings (SSSR count). The Bertz CT molecular complexity index is 794. The maximum atomic E-state index is 12.5. The molecule has 2 aromatic rings. The van der Waals surface area contributed by atoms with Gasteiger partial charge in [-0.15, -0.1) is 0 Å². The highest BCUT2D eigenvalue weighted by Gasteiger charge is 2.29. The van der Waals surface area contributed by atoms with E-state index in [1.807, 2.05) is 0 Å². The molecule has 0 aliphatic heterocycles. The topological polar surface area (TPSA) is 66.4 Å². The number of carboxylic acids is 1. The molecule has 0 atom stereocenters. The van der Waals surface area contributed by atoms with Crippen molar-refractivity contribution < 1.29 is 27.9 Å². The number of carbonyl (C=O) groups excluding carboxylic acids is 1. The van der Waals surface area contributed by atoms with E-state index in [2.05, 4.69) is 21.2 Å². The monoisotopic (exact) mass is 433 g/mol. The number of rotatable bonds is 4. The van der Waals surface area contributed by atoms with Crippen molar-refractivity contribution >= 4 is 44.6 Å². The third kappa shape index (κ3) is 5.50. The fraction of sp³-hybridized carbons (Fsp3) is 0.125. The summed E-state index contributed by atoms with van der Waals surface area (Å²) < 4.78 is 38.0. The van der Waals surface area contributed by atoms with Crippen molar-refractivity contribution in [2.24, 2.45) is 0 Å². The lowest BCUT2D eigenvalue weighted by molar-refractivity contribution is -0.137. The first-order chi connectivity index (χ1) is 11.7. The molecule has 0 radical (unpaired) electrons.